The van der Waals surface area contributed by atoms with Gasteiger partial charge in [-0.25, -0.2) is 14.4 Å². The van der Waals surface area contributed by atoms with Crippen molar-refractivity contribution in [2.75, 3.05) is 17.2 Å². The molecule has 0 unspecified atom stereocenters. The molecule has 0 atom stereocenters. The van der Waals surface area contributed by atoms with E-state index in [-0.39, 0.29) is 17.3 Å². The first-order valence-electron chi connectivity index (χ1n) is 7.93. The zero-order valence-electron chi connectivity index (χ0n) is 13.7. The van der Waals surface area contributed by atoms with Crippen molar-refractivity contribution in [3.63, 3.8) is 0 Å². The van der Waals surface area contributed by atoms with Gasteiger partial charge in [0.15, 0.2) is 0 Å². The fraction of sp³-hybridized carbons (Fsp3) is 0.111. The fourth-order valence-corrected chi connectivity index (χ4v) is 2.41. The molecule has 8 heteroatoms. The Kier molecular flexibility index (Phi) is 5.33. The maximum absolute atomic E-state index is 13.0. The van der Waals surface area contributed by atoms with Gasteiger partial charge in [-0.2, -0.15) is 0 Å². The lowest BCUT2D eigenvalue weighted by atomic mass is 10.1. The van der Waals surface area contributed by atoms with E-state index in [0.717, 1.165) is 5.56 Å². The predicted octanol–water partition coefficient (Wildman–Crippen LogP) is 3.92. The standard InChI is InChI=1S/C18H16FN5O2/c19-14-6-8-15(9-7-14)23-18-16(24(25)26)17(21-12-22-18)20-11-10-13-4-2-1-3-5-13/h1-9,12H,10-11H2,(H2,20,21,22,23). The first-order chi connectivity index (χ1) is 12.6. The highest BCUT2D eigenvalue weighted by atomic mass is 19.1. The van der Waals surface area contributed by atoms with Gasteiger partial charge in [0.2, 0.25) is 11.6 Å². The lowest BCUT2D eigenvalue weighted by Gasteiger charge is -2.10. The van der Waals surface area contributed by atoms with Crippen LogP contribution in [0, 0.1) is 15.9 Å². The van der Waals surface area contributed by atoms with Crippen LogP contribution in [0.5, 0.6) is 0 Å². The van der Waals surface area contributed by atoms with Crippen LogP contribution in [0.1, 0.15) is 5.56 Å². The van der Waals surface area contributed by atoms with Gasteiger partial charge in [-0.3, -0.25) is 10.1 Å². The molecule has 0 saturated heterocycles. The lowest BCUT2D eigenvalue weighted by molar-refractivity contribution is -0.383. The molecule has 132 valence electrons. The van der Waals surface area contributed by atoms with Crippen molar-refractivity contribution in [1.82, 2.24) is 9.97 Å². The summed E-state index contributed by atoms with van der Waals surface area (Å²) in [5, 5.41) is 17.3. The summed E-state index contributed by atoms with van der Waals surface area (Å²) in [6.45, 7) is 0.484. The molecule has 0 aliphatic rings. The van der Waals surface area contributed by atoms with Gasteiger partial charge in [-0.05, 0) is 36.2 Å². The Morgan fingerprint density at radius 2 is 1.69 bits per heavy atom. The summed E-state index contributed by atoms with van der Waals surface area (Å²) in [6, 6.07) is 15.2. The molecule has 26 heavy (non-hydrogen) atoms. The fourth-order valence-electron chi connectivity index (χ4n) is 2.41. The van der Waals surface area contributed by atoms with Gasteiger partial charge < -0.3 is 10.6 Å². The van der Waals surface area contributed by atoms with Crippen LogP contribution in [-0.2, 0) is 6.42 Å². The maximum atomic E-state index is 13.0. The number of benzene rings is 2. The second-order valence-electron chi connectivity index (χ2n) is 5.47. The van der Waals surface area contributed by atoms with Crippen molar-refractivity contribution in [2.24, 2.45) is 0 Å². The normalized spacial score (nSPS) is 10.3. The van der Waals surface area contributed by atoms with E-state index in [1.807, 2.05) is 30.3 Å². The molecule has 1 heterocycles. The maximum Gasteiger partial charge on any atom is 0.353 e. The zero-order valence-corrected chi connectivity index (χ0v) is 13.7. The monoisotopic (exact) mass is 353 g/mol. The van der Waals surface area contributed by atoms with Crippen molar-refractivity contribution < 1.29 is 9.31 Å². The third kappa shape index (κ3) is 4.29. The van der Waals surface area contributed by atoms with Gasteiger partial charge in [0.25, 0.3) is 0 Å². The molecular formula is C18H16FN5O2. The summed E-state index contributed by atoms with van der Waals surface area (Å²) in [5.41, 5.74) is 1.34. The number of anilines is 3. The number of halogens is 1. The third-order valence-electron chi connectivity index (χ3n) is 3.66. The van der Waals surface area contributed by atoms with Crippen molar-refractivity contribution in [3.8, 4) is 0 Å². The summed E-state index contributed by atoms with van der Waals surface area (Å²) < 4.78 is 13.0. The van der Waals surface area contributed by atoms with Crippen LogP contribution in [0.3, 0.4) is 0 Å². The van der Waals surface area contributed by atoms with Gasteiger partial charge in [-0.1, -0.05) is 30.3 Å². The largest absolute Gasteiger partial charge is 0.364 e. The van der Waals surface area contributed by atoms with E-state index in [1.54, 1.807) is 0 Å². The van der Waals surface area contributed by atoms with Gasteiger partial charge in [0.05, 0.1) is 4.92 Å². The average molecular weight is 353 g/mol. The van der Waals surface area contributed by atoms with Crippen LogP contribution < -0.4 is 10.6 Å². The van der Waals surface area contributed by atoms with Gasteiger partial charge in [-0.15, -0.1) is 0 Å². The minimum Gasteiger partial charge on any atom is -0.364 e. The van der Waals surface area contributed by atoms with Crippen LogP contribution in [0.4, 0.5) is 27.4 Å². The first-order valence-corrected chi connectivity index (χ1v) is 7.93. The van der Waals surface area contributed by atoms with Crippen molar-refractivity contribution in [1.29, 1.82) is 0 Å². The van der Waals surface area contributed by atoms with Gasteiger partial charge >= 0.3 is 5.69 Å². The van der Waals surface area contributed by atoms with E-state index in [9.17, 15) is 14.5 Å². The van der Waals surface area contributed by atoms with Crippen LogP contribution in [-0.4, -0.2) is 21.4 Å². The van der Waals surface area contributed by atoms with Crippen molar-refractivity contribution in [2.45, 2.75) is 6.42 Å². The number of rotatable bonds is 7. The Labute approximate surface area is 149 Å². The third-order valence-corrected chi connectivity index (χ3v) is 3.66. The molecule has 2 aromatic carbocycles. The Hall–Kier alpha value is -3.55. The van der Waals surface area contributed by atoms with E-state index in [1.165, 1.54) is 30.6 Å². The Balaban J connectivity index is 1.77. The van der Waals surface area contributed by atoms with Gasteiger partial charge in [0, 0.05) is 12.2 Å². The summed E-state index contributed by atoms with van der Waals surface area (Å²) in [6.07, 6.45) is 1.94. The second kappa shape index (κ2) is 8.02. The molecule has 7 nitrogen and oxygen atoms in total. The molecule has 0 aliphatic carbocycles. The van der Waals surface area contributed by atoms with E-state index in [4.69, 9.17) is 0 Å². The molecular weight excluding hydrogens is 337 g/mol. The quantitative estimate of drug-likeness (QED) is 0.494. The average Bonchev–Trinajstić information content (AvgIpc) is 2.64. The highest BCUT2D eigenvalue weighted by Gasteiger charge is 2.22. The van der Waals surface area contributed by atoms with E-state index in [2.05, 4.69) is 20.6 Å². The molecule has 0 radical (unpaired) electrons. The smallest absolute Gasteiger partial charge is 0.353 e. The molecule has 3 aromatic rings. The SMILES string of the molecule is O=[N+]([O-])c1c(NCCc2ccccc2)ncnc1Nc1ccc(F)cc1. The molecule has 0 spiro atoms. The number of nitrogens with one attached hydrogen (secondary N) is 2. The van der Waals surface area contributed by atoms with E-state index >= 15 is 0 Å². The zero-order chi connectivity index (χ0) is 18.4. The summed E-state index contributed by atoms with van der Waals surface area (Å²) in [4.78, 5) is 18.9. The molecule has 3 rings (SSSR count). The number of aromatic nitrogens is 2. The summed E-state index contributed by atoms with van der Waals surface area (Å²) >= 11 is 0. The molecule has 1 aromatic heterocycles. The molecule has 0 fully saturated rings. The molecule has 0 saturated carbocycles. The second-order valence-corrected chi connectivity index (χ2v) is 5.47. The predicted molar refractivity (Wildman–Crippen MR) is 97.0 cm³/mol. The van der Waals surface area contributed by atoms with Crippen LogP contribution in [0.2, 0.25) is 0 Å². The number of nitro groups is 1. The van der Waals surface area contributed by atoms with Crippen molar-refractivity contribution >= 4 is 23.0 Å². The summed E-state index contributed by atoms with van der Waals surface area (Å²) in [7, 11) is 0. The van der Waals surface area contributed by atoms with Crippen LogP contribution >= 0.6 is 0 Å². The minimum atomic E-state index is -0.545. The van der Waals surface area contributed by atoms with Crippen molar-refractivity contribution in [3.05, 3.63) is 82.4 Å². The van der Waals surface area contributed by atoms with E-state index in [0.29, 0.717) is 18.7 Å². The highest BCUT2D eigenvalue weighted by molar-refractivity contribution is 5.73. The molecule has 2 N–H and O–H groups in total. The van der Waals surface area contributed by atoms with Crippen LogP contribution in [0.25, 0.3) is 0 Å². The Morgan fingerprint density at radius 1 is 1.00 bits per heavy atom. The van der Waals surface area contributed by atoms with Crippen LogP contribution in [0.15, 0.2) is 60.9 Å². The number of hydrogen-bond acceptors (Lipinski definition) is 6. The van der Waals surface area contributed by atoms with E-state index < -0.39 is 10.7 Å². The Bertz CT molecular complexity index is 888. The highest BCUT2D eigenvalue weighted by Crippen LogP contribution is 2.31. The number of nitrogens with zero attached hydrogens (tertiary/aromatic N) is 3. The first kappa shape index (κ1) is 17.3. The lowest BCUT2D eigenvalue weighted by Crippen LogP contribution is -2.10. The topological polar surface area (TPSA) is 93.0 Å². The summed E-state index contributed by atoms with van der Waals surface area (Å²) in [5.74, 6) is -0.222. The van der Waals surface area contributed by atoms with Gasteiger partial charge in [0.1, 0.15) is 12.1 Å². The molecule has 0 bridgehead atoms. The molecule has 0 aliphatic heterocycles. The number of hydrogen-bond donors (Lipinski definition) is 2. The molecule has 0 amide bonds. The Morgan fingerprint density at radius 3 is 2.38 bits per heavy atom. The minimum absolute atomic E-state index is 0.0406.